The minimum absolute atomic E-state index is 0.0394. The van der Waals surface area contributed by atoms with Gasteiger partial charge in [-0.05, 0) is 25.0 Å². The largest absolute Gasteiger partial charge is 0.393 e. The molecule has 0 spiro atoms. The van der Waals surface area contributed by atoms with Crippen LogP contribution in [-0.4, -0.2) is 22.3 Å². The van der Waals surface area contributed by atoms with Crippen molar-refractivity contribution in [2.75, 3.05) is 6.54 Å². The second-order valence-corrected chi connectivity index (χ2v) is 4.05. The molecule has 2 rings (SSSR count). The first-order chi connectivity index (χ1) is 6.18. The maximum atomic E-state index is 9.34. The van der Waals surface area contributed by atoms with E-state index in [0.717, 1.165) is 12.8 Å². The molecule has 0 unspecified atom stereocenters. The molecule has 1 heterocycles. The second kappa shape index (κ2) is 2.86. The average molecular weight is 180 g/mol. The van der Waals surface area contributed by atoms with Crippen LogP contribution in [0.1, 0.15) is 18.5 Å². The zero-order valence-electron chi connectivity index (χ0n) is 7.90. The summed E-state index contributed by atoms with van der Waals surface area (Å²) < 4.78 is 2.10. The van der Waals surface area contributed by atoms with Crippen LogP contribution in [0.2, 0.25) is 0 Å². The number of nitrogens with two attached hydrogens (primary N) is 1. The Labute approximate surface area is 78.2 Å². The molecule has 1 aliphatic carbocycles. The van der Waals surface area contributed by atoms with Gasteiger partial charge in [0, 0.05) is 30.9 Å². The van der Waals surface area contributed by atoms with Crippen molar-refractivity contribution >= 4 is 0 Å². The molecular weight excluding hydrogens is 164 g/mol. The highest BCUT2D eigenvalue weighted by atomic mass is 16.3. The first kappa shape index (κ1) is 8.78. The van der Waals surface area contributed by atoms with Crippen LogP contribution in [0.3, 0.4) is 0 Å². The van der Waals surface area contributed by atoms with Crippen LogP contribution >= 0.6 is 0 Å². The lowest BCUT2D eigenvalue weighted by Crippen LogP contribution is -2.50. The number of aliphatic hydroxyl groups is 1. The molecule has 1 aromatic heterocycles. The van der Waals surface area contributed by atoms with Crippen LogP contribution in [-0.2, 0) is 12.5 Å². The van der Waals surface area contributed by atoms with Gasteiger partial charge in [-0.1, -0.05) is 0 Å². The zero-order valence-corrected chi connectivity index (χ0v) is 7.90. The Morgan fingerprint density at radius 2 is 2.38 bits per heavy atom. The fraction of sp³-hybridized carbons (Fsp3) is 0.600. The van der Waals surface area contributed by atoms with Gasteiger partial charge in [0.25, 0.3) is 0 Å². The highest BCUT2D eigenvalue weighted by Gasteiger charge is 2.45. The number of aryl methyl sites for hydroxylation is 1. The molecule has 0 atom stereocenters. The summed E-state index contributed by atoms with van der Waals surface area (Å²) in [6.45, 7) is 0.627. The predicted octanol–water partition coefficient (Wildman–Crippen LogP) is 0.376. The fourth-order valence-electron chi connectivity index (χ4n) is 2.33. The van der Waals surface area contributed by atoms with Crippen molar-refractivity contribution in [2.24, 2.45) is 12.8 Å². The highest BCUT2D eigenvalue weighted by Crippen LogP contribution is 2.42. The molecule has 0 aromatic carbocycles. The van der Waals surface area contributed by atoms with Gasteiger partial charge >= 0.3 is 0 Å². The molecule has 1 aliphatic rings. The molecular formula is C10H16N2O. The number of aromatic nitrogens is 1. The number of hydrogen-bond acceptors (Lipinski definition) is 2. The Kier molecular flexibility index (Phi) is 1.93. The lowest BCUT2D eigenvalue weighted by molar-refractivity contribution is 0.0188. The first-order valence-corrected chi connectivity index (χ1v) is 4.68. The monoisotopic (exact) mass is 180 g/mol. The highest BCUT2D eigenvalue weighted by molar-refractivity contribution is 5.25. The quantitative estimate of drug-likeness (QED) is 0.691. The number of nitrogens with zero attached hydrogens (tertiary/aromatic N) is 1. The van der Waals surface area contributed by atoms with E-state index in [4.69, 9.17) is 5.73 Å². The summed E-state index contributed by atoms with van der Waals surface area (Å²) in [5.41, 5.74) is 7.06. The fourth-order valence-corrected chi connectivity index (χ4v) is 2.33. The van der Waals surface area contributed by atoms with Gasteiger partial charge in [-0.15, -0.1) is 0 Å². The Hall–Kier alpha value is -0.800. The van der Waals surface area contributed by atoms with E-state index in [2.05, 4.69) is 10.6 Å². The molecule has 0 saturated heterocycles. The van der Waals surface area contributed by atoms with E-state index >= 15 is 0 Å². The Morgan fingerprint density at radius 3 is 2.77 bits per heavy atom. The molecule has 1 fully saturated rings. The number of rotatable bonds is 2. The Bertz CT molecular complexity index is 300. The van der Waals surface area contributed by atoms with Crippen molar-refractivity contribution in [3.8, 4) is 0 Å². The summed E-state index contributed by atoms with van der Waals surface area (Å²) in [4.78, 5) is 0. The van der Waals surface area contributed by atoms with Gasteiger partial charge in [-0.25, -0.2) is 0 Å². The van der Waals surface area contributed by atoms with Gasteiger partial charge in [-0.3, -0.25) is 0 Å². The van der Waals surface area contributed by atoms with Crippen LogP contribution in [0, 0.1) is 0 Å². The van der Waals surface area contributed by atoms with E-state index in [9.17, 15) is 5.11 Å². The van der Waals surface area contributed by atoms with Gasteiger partial charge in [0.1, 0.15) is 0 Å². The average Bonchev–Trinajstić information content (AvgIpc) is 2.46. The summed E-state index contributed by atoms with van der Waals surface area (Å²) in [5.74, 6) is 0. The third-order valence-electron chi connectivity index (χ3n) is 3.13. The predicted molar refractivity (Wildman–Crippen MR) is 51.4 cm³/mol. The number of aliphatic hydroxyl groups excluding tert-OH is 1. The Balaban J connectivity index is 2.28. The lowest BCUT2D eigenvalue weighted by atomic mass is 9.64. The maximum absolute atomic E-state index is 9.34. The van der Waals surface area contributed by atoms with Crippen molar-refractivity contribution in [2.45, 2.75) is 24.4 Å². The molecule has 13 heavy (non-hydrogen) atoms. The summed E-state index contributed by atoms with van der Waals surface area (Å²) in [6.07, 6.45) is 3.48. The third-order valence-corrected chi connectivity index (χ3v) is 3.13. The molecule has 3 heteroatoms. The summed E-state index contributed by atoms with van der Waals surface area (Å²) in [7, 11) is 2.03. The SMILES string of the molecule is Cn1cccc1C1(CN)CC(O)C1. The summed E-state index contributed by atoms with van der Waals surface area (Å²) >= 11 is 0. The van der Waals surface area contributed by atoms with E-state index in [0.29, 0.717) is 6.54 Å². The second-order valence-electron chi connectivity index (χ2n) is 4.05. The standard InChI is InChI=1S/C10H16N2O/c1-12-4-2-3-9(12)10(7-11)5-8(13)6-10/h2-4,8,13H,5-7,11H2,1H3. The van der Waals surface area contributed by atoms with E-state index in [1.54, 1.807) is 0 Å². The lowest BCUT2D eigenvalue weighted by Gasteiger charge is -2.45. The molecule has 0 amide bonds. The van der Waals surface area contributed by atoms with Crippen LogP contribution < -0.4 is 5.73 Å². The third kappa shape index (κ3) is 1.19. The smallest absolute Gasteiger partial charge is 0.0559 e. The molecule has 72 valence electrons. The molecule has 1 aromatic rings. The van der Waals surface area contributed by atoms with Crippen molar-refractivity contribution in [1.82, 2.24) is 4.57 Å². The van der Waals surface area contributed by atoms with Gasteiger partial charge < -0.3 is 15.4 Å². The Morgan fingerprint density at radius 1 is 1.69 bits per heavy atom. The maximum Gasteiger partial charge on any atom is 0.0559 e. The topological polar surface area (TPSA) is 51.2 Å². The van der Waals surface area contributed by atoms with E-state index < -0.39 is 0 Å². The van der Waals surface area contributed by atoms with Gasteiger partial charge in [-0.2, -0.15) is 0 Å². The molecule has 3 nitrogen and oxygen atoms in total. The van der Waals surface area contributed by atoms with E-state index in [1.807, 2.05) is 19.3 Å². The van der Waals surface area contributed by atoms with Crippen molar-refractivity contribution in [1.29, 1.82) is 0 Å². The molecule has 1 saturated carbocycles. The molecule has 0 aliphatic heterocycles. The first-order valence-electron chi connectivity index (χ1n) is 4.68. The number of hydrogen-bond donors (Lipinski definition) is 2. The van der Waals surface area contributed by atoms with Crippen molar-refractivity contribution < 1.29 is 5.11 Å². The van der Waals surface area contributed by atoms with Crippen LogP contribution in [0.5, 0.6) is 0 Å². The van der Waals surface area contributed by atoms with Crippen LogP contribution in [0.25, 0.3) is 0 Å². The van der Waals surface area contributed by atoms with Crippen molar-refractivity contribution in [3.05, 3.63) is 24.0 Å². The van der Waals surface area contributed by atoms with Crippen LogP contribution in [0.15, 0.2) is 18.3 Å². The molecule has 3 N–H and O–H groups in total. The minimum atomic E-state index is -0.154. The van der Waals surface area contributed by atoms with Gasteiger partial charge in [0.15, 0.2) is 0 Å². The zero-order chi connectivity index (χ0) is 9.47. The van der Waals surface area contributed by atoms with Gasteiger partial charge in [0.05, 0.1) is 6.10 Å². The van der Waals surface area contributed by atoms with Crippen molar-refractivity contribution in [3.63, 3.8) is 0 Å². The van der Waals surface area contributed by atoms with E-state index in [1.165, 1.54) is 5.69 Å². The molecule has 0 bridgehead atoms. The van der Waals surface area contributed by atoms with Gasteiger partial charge in [0.2, 0.25) is 0 Å². The summed E-state index contributed by atoms with van der Waals surface area (Å²) in [5, 5.41) is 9.34. The normalized spacial score (nSPS) is 33.0. The minimum Gasteiger partial charge on any atom is -0.393 e. The molecule has 0 radical (unpaired) electrons. The van der Waals surface area contributed by atoms with Crippen LogP contribution in [0.4, 0.5) is 0 Å². The van der Waals surface area contributed by atoms with E-state index in [-0.39, 0.29) is 11.5 Å². The summed E-state index contributed by atoms with van der Waals surface area (Å²) in [6, 6.07) is 4.12.